The van der Waals surface area contributed by atoms with Crippen molar-refractivity contribution in [3.63, 3.8) is 0 Å². The van der Waals surface area contributed by atoms with E-state index in [9.17, 15) is 4.79 Å². The molecule has 1 aromatic rings. The number of hydrogen-bond acceptors (Lipinski definition) is 8. The maximum Gasteiger partial charge on any atom is 0.240 e. The second-order valence-corrected chi connectivity index (χ2v) is 2.02. The molecule has 0 aliphatic rings. The molecule has 1 rings (SSSR count). The number of amides is 1. The number of nitrogen functional groups attached to an aromatic ring is 3. The lowest BCUT2D eigenvalue weighted by atomic mass is 10.6. The summed E-state index contributed by atoms with van der Waals surface area (Å²) in [4.78, 5) is 27.9. The van der Waals surface area contributed by atoms with Crippen molar-refractivity contribution in [2.45, 2.75) is 0 Å². The van der Waals surface area contributed by atoms with E-state index in [1.54, 1.807) is 0 Å². The van der Waals surface area contributed by atoms with Gasteiger partial charge >= 0.3 is 0 Å². The van der Waals surface area contributed by atoms with E-state index in [1.807, 2.05) is 6.79 Å². The smallest absolute Gasteiger partial charge is 0.240 e. The molecular formula is C7H13N7O2. The van der Waals surface area contributed by atoms with E-state index in [0.29, 0.717) is 0 Å². The van der Waals surface area contributed by atoms with E-state index in [1.165, 1.54) is 0 Å². The maximum atomic E-state index is 9.47. The summed E-state index contributed by atoms with van der Waals surface area (Å²) in [7, 11) is 0. The molecule has 0 bridgehead atoms. The molecule has 0 aromatic carbocycles. The van der Waals surface area contributed by atoms with E-state index in [4.69, 9.17) is 22.0 Å². The fraction of sp³-hybridized carbons (Fsp3) is 0. The van der Waals surface area contributed by atoms with Crippen LogP contribution in [-0.4, -0.2) is 27.6 Å². The zero-order chi connectivity index (χ0) is 13.1. The zero-order valence-electron chi connectivity index (χ0n) is 8.46. The topological polar surface area (TPSA) is 177 Å². The Labute approximate surface area is 91.6 Å². The first-order chi connectivity index (χ1) is 7.45. The van der Waals surface area contributed by atoms with Crippen molar-refractivity contribution in [2.75, 3.05) is 17.2 Å². The Kier molecular flexibility index (Phi) is 8.73. The second kappa shape index (κ2) is 8.87. The van der Waals surface area contributed by atoms with Gasteiger partial charge in [0.1, 0.15) is 6.79 Å². The molecular weight excluding hydrogens is 214 g/mol. The lowest BCUT2D eigenvalue weighted by Gasteiger charge is -1.93. The van der Waals surface area contributed by atoms with Crippen LogP contribution in [0.15, 0.2) is 12.7 Å². The summed E-state index contributed by atoms with van der Waals surface area (Å²) in [5, 5.41) is 0. The van der Waals surface area contributed by atoms with E-state index in [-0.39, 0.29) is 17.8 Å². The third-order valence-corrected chi connectivity index (χ3v) is 0.888. The molecule has 9 nitrogen and oxygen atoms in total. The van der Waals surface area contributed by atoms with Gasteiger partial charge < -0.3 is 27.7 Å². The average molecular weight is 227 g/mol. The molecule has 1 aromatic heterocycles. The predicted molar refractivity (Wildman–Crippen MR) is 59.6 cm³/mol. The van der Waals surface area contributed by atoms with Gasteiger partial charge in [-0.2, -0.15) is 15.0 Å². The molecule has 0 aliphatic heterocycles. The molecule has 0 aliphatic carbocycles. The first-order valence-electron chi connectivity index (χ1n) is 3.69. The van der Waals surface area contributed by atoms with E-state index < -0.39 is 5.91 Å². The molecule has 1 amide bonds. The maximum absolute atomic E-state index is 9.47. The van der Waals surface area contributed by atoms with Gasteiger partial charge in [-0.25, -0.2) is 0 Å². The van der Waals surface area contributed by atoms with Gasteiger partial charge in [-0.1, -0.05) is 6.58 Å². The number of aromatic nitrogens is 3. The van der Waals surface area contributed by atoms with Crippen LogP contribution in [0.3, 0.4) is 0 Å². The summed E-state index contributed by atoms with van der Waals surface area (Å²) >= 11 is 0. The average Bonchev–Trinajstić information content (AvgIpc) is 2.19. The number of hydrogen-bond donors (Lipinski definition) is 4. The zero-order valence-corrected chi connectivity index (χ0v) is 8.46. The first-order valence-corrected chi connectivity index (χ1v) is 3.69. The number of nitrogens with two attached hydrogens (primary N) is 4. The standard InChI is InChI=1S/C3H6N6.C3H5NO.CH2O/c4-1-7-2(5)9-3(6)8-1;1-2-3(4)5;1-2/h(H6,4,5,6,7,8,9);2H,1H2,(H2,4,5);1H2. The van der Waals surface area contributed by atoms with Gasteiger partial charge in [-0.3, -0.25) is 4.79 Å². The lowest BCUT2D eigenvalue weighted by Crippen LogP contribution is -2.05. The molecule has 0 unspecified atom stereocenters. The largest absolute Gasteiger partial charge is 0.368 e. The highest BCUT2D eigenvalue weighted by molar-refractivity contribution is 5.84. The van der Waals surface area contributed by atoms with E-state index in [2.05, 4.69) is 27.3 Å². The molecule has 16 heavy (non-hydrogen) atoms. The normalized spacial score (nSPS) is 7.50. The highest BCUT2D eigenvalue weighted by atomic mass is 16.1. The summed E-state index contributed by atoms with van der Waals surface area (Å²) < 4.78 is 0. The summed E-state index contributed by atoms with van der Waals surface area (Å²) in [5.74, 6) is -0.356. The highest BCUT2D eigenvalue weighted by Crippen LogP contribution is 1.97. The lowest BCUT2D eigenvalue weighted by molar-refractivity contribution is -0.113. The minimum atomic E-state index is -0.481. The van der Waals surface area contributed by atoms with Crippen molar-refractivity contribution in [3.8, 4) is 0 Å². The first kappa shape index (κ1) is 15.7. The van der Waals surface area contributed by atoms with Crippen LogP contribution in [0, 0.1) is 0 Å². The van der Waals surface area contributed by atoms with Crippen molar-refractivity contribution < 1.29 is 9.59 Å². The third-order valence-electron chi connectivity index (χ3n) is 0.888. The minimum Gasteiger partial charge on any atom is -0.368 e. The fourth-order valence-electron chi connectivity index (χ4n) is 0.427. The number of primary amides is 1. The molecule has 0 radical (unpaired) electrons. The van der Waals surface area contributed by atoms with Crippen molar-refractivity contribution in [3.05, 3.63) is 12.7 Å². The Morgan fingerprint density at radius 1 is 1.00 bits per heavy atom. The molecule has 0 spiro atoms. The number of anilines is 3. The van der Waals surface area contributed by atoms with Crippen LogP contribution in [0.5, 0.6) is 0 Å². The number of carbonyl (C=O) groups is 2. The summed E-state index contributed by atoms with van der Waals surface area (Å²) in [6, 6.07) is 0. The molecule has 8 N–H and O–H groups in total. The summed E-state index contributed by atoms with van der Waals surface area (Å²) in [6.45, 7) is 5.09. The van der Waals surface area contributed by atoms with Gasteiger partial charge in [0.25, 0.3) is 0 Å². The van der Waals surface area contributed by atoms with Gasteiger partial charge in [0.2, 0.25) is 23.8 Å². The minimum absolute atomic E-state index is 0.0417. The van der Waals surface area contributed by atoms with Crippen molar-refractivity contribution >= 4 is 30.5 Å². The van der Waals surface area contributed by atoms with Crippen LogP contribution in [0.25, 0.3) is 0 Å². The van der Waals surface area contributed by atoms with Crippen LogP contribution in [-0.2, 0) is 9.59 Å². The molecule has 0 fully saturated rings. The van der Waals surface area contributed by atoms with Crippen LogP contribution >= 0.6 is 0 Å². The highest BCUT2D eigenvalue weighted by Gasteiger charge is 1.93. The molecule has 0 atom stereocenters. The summed E-state index contributed by atoms with van der Waals surface area (Å²) in [6.07, 6.45) is 1.06. The quantitative estimate of drug-likeness (QED) is 0.401. The Balaban J connectivity index is 0. The van der Waals surface area contributed by atoms with Crippen LogP contribution in [0.1, 0.15) is 0 Å². The number of rotatable bonds is 1. The Hall–Kier alpha value is -2.71. The van der Waals surface area contributed by atoms with Crippen molar-refractivity contribution in [1.82, 2.24) is 15.0 Å². The van der Waals surface area contributed by atoms with Gasteiger partial charge in [0.15, 0.2) is 0 Å². The van der Waals surface area contributed by atoms with Gasteiger partial charge in [-0.05, 0) is 6.08 Å². The SMILES string of the molecule is C=CC(N)=O.C=O.Nc1nc(N)nc(N)n1. The van der Waals surface area contributed by atoms with Crippen LogP contribution < -0.4 is 22.9 Å². The molecule has 0 saturated heterocycles. The second-order valence-electron chi connectivity index (χ2n) is 2.02. The Morgan fingerprint density at radius 3 is 1.31 bits per heavy atom. The number of nitrogens with zero attached hydrogens (tertiary/aromatic N) is 3. The van der Waals surface area contributed by atoms with Gasteiger partial charge in [0, 0.05) is 0 Å². The third kappa shape index (κ3) is 9.38. The van der Waals surface area contributed by atoms with Gasteiger partial charge in [0.05, 0.1) is 0 Å². The predicted octanol–water partition coefficient (Wildman–Crippen LogP) is -1.91. The number of carbonyl (C=O) groups excluding carboxylic acids is 2. The van der Waals surface area contributed by atoms with Crippen LogP contribution in [0.2, 0.25) is 0 Å². The van der Waals surface area contributed by atoms with E-state index >= 15 is 0 Å². The van der Waals surface area contributed by atoms with Gasteiger partial charge in [-0.15, -0.1) is 0 Å². The van der Waals surface area contributed by atoms with Crippen LogP contribution in [0.4, 0.5) is 17.8 Å². The Bertz CT molecular complexity index is 304. The van der Waals surface area contributed by atoms with E-state index in [0.717, 1.165) is 6.08 Å². The Morgan fingerprint density at radius 2 is 1.19 bits per heavy atom. The monoisotopic (exact) mass is 227 g/mol. The molecule has 88 valence electrons. The summed E-state index contributed by atoms with van der Waals surface area (Å²) in [5.41, 5.74) is 19.9. The van der Waals surface area contributed by atoms with Crippen molar-refractivity contribution in [1.29, 1.82) is 0 Å². The fourth-order valence-corrected chi connectivity index (χ4v) is 0.427. The molecule has 0 saturated carbocycles. The molecule has 1 heterocycles. The van der Waals surface area contributed by atoms with Crippen molar-refractivity contribution in [2.24, 2.45) is 5.73 Å². The molecule has 9 heteroatoms.